The molecule has 0 saturated carbocycles. The van der Waals surface area contributed by atoms with Gasteiger partial charge in [0.15, 0.2) is 0 Å². The molecule has 0 spiro atoms. The van der Waals surface area contributed by atoms with Crippen LogP contribution in [-0.4, -0.2) is 22.8 Å². The van der Waals surface area contributed by atoms with Gasteiger partial charge in [0.25, 0.3) is 0 Å². The van der Waals surface area contributed by atoms with Crippen LogP contribution >= 0.6 is 22.6 Å². The maximum absolute atomic E-state index is 5.42. The van der Waals surface area contributed by atoms with Gasteiger partial charge in [0, 0.05) is 12.1 Å². The summed E-state index contributed by atoms with van der Waals surface area (Å²) in [7, 11) is 0. The van der Waals surface area contributed by atoms with Crippen LogP contribution in [0.3, 0.4) is 0 Å². The van der Waals surface area contributed by atoms with Crippen LogP contribution in [0.5, 0.6) is 0 Å². The molecule has 1 atom stereocenters. The zero-order valence-electron chi connectivity index (χ0n) is 5.78. The van der Waals surface area contributed by atoms with Crippen LogP contribution < -0.4 is 5.32 Å². The molecule has 1 saturated heterocycles. The molecule has 0 bridgehead atoms. The SMILES string of the molecule is CC1(C)COC(I)CN1. The zero-order chi connectivity index (χ0) is 6.91. The molecule has 1 rings (SSSR count). The molecule has 0 amide bonds. The molecule has 1 heterocycles. The molecule has 1 aliphatic heterocycles. The number of halogens is 1. The zero-order valence-corrected chi connectivity index (χ0v) is 7.94. The highest BCUT2D eigenvalue weighted by molar-refractivity contribution is 14.1. The van der Waals surface area contributed by atoms with Crippen molar-refractivity contribution in [2.75, 3.05) is 13.2 Å². The van der Waals surface area contributed by atoms with E-state index in [0.29, 0.717) is 4.11 Å². The van der Waals surface area contributed by atoms with Crippen molar-refractivity contribution in [3.8, 4) is 0 Å². The number of rotatable bonds is 0. The lowest BCUT2D eigenvalue weighted by Gasteiger charge is -2.33. The molecular formula is C6H12INO. The summed E-state index contributed by atoms with van der Waals surface area (Å²) < 4.78 is 5.77. The Hall–Kier alpha value is 0.650. The van der Waals surface area contributed by atoms with Gasteiger partial charge in [0.1, 0.15) is 4.11 Å². The largest absolute Gasteiger partial charge is 0.365 e. The lowest BCUT2D eigenvalue weighted by molar-refractivity contribution is 0.0328. The molecule has 54 valence electrons. The van der Waals surface area contributed by atoms with Crippen molar-refractivity contribution < 1.29 is 4.74 Å². The number of morpholine rings is 1. The van der Waals surface area contributed by atoms with Gasteiger partial charge in [0.2, 0.25) is 0 Å². The van der Waals surface area contributed by atoms with Crippen molar-refractivity contribution >= 4 is 22.6 Å². The number of hydrogen-bond acceptors (Lipinski definition) is 2. The summed E-state index contributed by atoms with van der Waals surface area (Å²) in [6.45, 7) is 6.08. The molecule has 0 aromatic heterocycles. The minimum absolute atomic E-state index is 0.182. The van der Waals surface area contributed by atoms with E-state index >= 15 is 0 Å². The first-order valence-electron chi connectivity index (χ1n) is 3.11. The summed E-state index contributed by atoms with van der Waals surface area (Å²) in [6.07, 6.45) is 0. The van der Waals surface area contributed by atoms with Crippen molar-refractivity contribution in [3.63, 3.8) is 0 Å². The highest BCUT2D eigenvalue weighted by Gasteiger charge is 2.24. The van der Waals surface area contributed by atoms with Gasteiger partial charge in [-0.3, -0.25) is 0 Å². The maximum Gasteiger partial charge on any atom is 0.121 e. The minimum Gasteiger partial charge on any atom is -0.365 e. The van der Waals surface area contributed by atoms with Gasteiger partial charge >= 0.3 is 0 Å². The fourth-order valence-electron chi connectivity index (χ4n) is 0.765. The van der Waals surface area contributed by atoms with Crippen molar-refractivity contribution in [1.82, 2.24) is 5.32 Å². The van der Waals surface area contributed by atoms with E-state index in [4.69, 9.17) is 4.74 Å². The predicted octanol–water partition coefficient (Wildman–Crippen LogP) is 1.15. The van der Waals surface area contributed by atoms with Crippen LogP contribution in [0.25, 0.3) is 0 Å². The molecule has 9 heavy (non-hydrogen) atoms. The third-order valence-corrected chi connectivity index (χ3v) is 2.17. The first-order chi connectivity index (χ1) is 4.10. The topological polar surface area (TPSA) is 21.3 Å². The molecule has 2 nitrogen and oxygen atoms in total. The summed E-state index contributed by atoms with van der Waals surface area (Å²) in [5, 5.41) is 3.38. The highest BCUT2D eigenvalue weighted by atomic mass is 127. The molecule has 1 unspecified atom stereocenters. The predicted molar refractivity (Wildman–Crippen MR) is 45.8 cm³/mol. The summed E-state index contributed by atoms with van der Waals surface area (Å²) in [4.78, 5) is 0. The Morgan fingerprint density at radius 3 is 2.67 bits per heavy atom. The van der Waals surface area contributed by atoms with Gasteiger partial charge in [-0.2, -0.15) is 0 Å². The van der Waals surface area contributed by atoms with Crippen LogP contribution in [0.1, 0.15) is 13.8 Å². The Balaban J connectivity index is 2.35. The Bertz CT molecular complexity index is 95.2. The molecule has 1 N–H and O–H groups in total. The fraction of sp³-hybridized carbons (Fsp3) is 1.00. The Kier molecular flexibility index (Phi) is 2.34. The first-order valence-corrected chi connectivity index (χ1v) is 4.35. The van der Waals surface area contributed by atoms with Gasteiger partial charge in [-0.05, 0) is 36.4 Å². The Labute approximate surface area is 69.5 Å². The Morgan fingerprint density at radius 2 is 2.33 bits per heavy atom. The van der Waals surface area contributed by atoms with Gasteiger partial charge in [-0.1, -0.05) is 0 Å². The summed E-state index contributed by atoms with van der Waals surface area (Å²) in [5.74, 6) is 0. The average Bonchev–Trinajstić information content (AvgIpc) is 1.78. The van der Waals surface area contributed by atoms with E-state index in [0.717, 1.165) is 13.2 Å². The summed E-state index contributed by atoms with van der Waals surface area (Å²) >= 11 is 2.29. The number of alkyl halides is 1. The number of nitrogens with one attached hydrogen (secondary N) is 1. The van der Waals surface area contributed by atoms with E-state index in [1.807, 2.05) is 0 Å². The van der Waals surface area contributed by atoms with Crippen molar-refractivity contribution in [1.29, 1.82) is 0 Å². The second kappa shape index (κ2) is 2.72. The van der Waals surface area contributed by atoms with Crippen molar-refractivity contribution in [3.05, 3.63) is 0 Å². The van der Waals surface area contributed by atoms with E-state index < -0.39 is 0 Å². The average molecular weight is 241 g/mol. The monoisotopic (exact) mass is 241 g/mol. The van der Waals surface area contributed by atoms with Crippen LogP contribution in [0.15, 0.2) is 0 Å². The molecule has 1 fully saturated rings. The van der Waals surface area contributed by atoms with E-state index in [2.05, 4.69) is 41.8 Å². The highest BCUT2D eigenvalue weighted by Crippen LogP contribution is 2.14. The van der Waals surface area contributed by atoms with E-state index in [-0.39, 0.29) is 5.54 Å². The summed E-state index contributed by atoms with van der Waals surface area (Å²) in [6, 6.07) is 0. The van der Waals surface area contributed by atoms with Crippen LogP contribution in [0, 0.1) is 0 Å². The van der Waals surface area contributed by atoms with Crippen molar-refractivity contribution in [2.24, 2.45) is 0 Å². The normalized spacial score (nSPS) is 34.3. The standard InChI is InChI=1S/C6H12INO/c1-6(2)4-9-5(7)3-8-6/h5,8H,3-4H2,1-2H3. The maximum atomic E-state index is 5.42. The van der Waals surface area contributed by atoms with Crippen LogP contribution in [0.4, 0.5) is 0 Å². The second-order valence-corrected chi connectivity index (χ2v) is 4.38. The van der Waals surface area contributed by atoms with Crippen molar-refractivity contribution in [2.45, 2.75) is 23.5 Å². The molecule has 3 heteroatoms. The van der Waals surface area contributed by atoms with E-state index in [1.165, 1.54) is 0 Å². The van der Waals surface area contributed by atoms with E-state index in [1.54, 1.807) is 0 Å². The molecule has 0 aliphatic carbocycles. The fourth-order valence-corrected chi connectivity index (χ4v) is 1.17. The molecule has 0 aromatic carbocycles. The third-order valence-electron chi connectivity index (χ3n) is 1.37. The quantitative estimate of drug-likeness (QED) is 0.507. The lowest BCUT2D eigenvalue weighted by Crippen LogP contribution is -2.51. The van der Waals surface area contributed by atoms with Crippen LogP contribution in [-0.2, 0) is 4.74 Å². The number of ether oxygens (including phenoxy) is 1. The summed E-state index contributed by atoms with van der Waals surface area (Å²) in [5.41, 5.74) is 0.182. The third kappa shape index (κ3) is 2.39. The number of hydrogen-bond donors (Lipinski definition) is 1. The lowest BCUT2D eigenvalue weighted by atomic mass is 10.1. The second-order valence-electron chi connectivity index (χ2n) is 2.99. The molecule has 0 aromatic rings. The molecule has 0 radical (unpaired) electrons. The van der Waals surface area contributed by atoms with Gasteiger partial charge in [-0.25, -0.2) is 0 Å². The first kappa shape index (κ1) is 7.75. The van der Waals surface area contributed by atoms with Gasteiger partial charge in [-0.15, -0.1) is 0 Å². The minimum atomic E-state index is 0.182. The molecular weight excluding hydrogens is 229 g/mol. The van der Waals surface area contributed by atoms with E-state index in [9.17, 15) is 0 Å². The van der Waals surface area contributed by atoms with Gasteiger partial charge in [0.05, 0.1) is 6.61 Å². The Morgan fingerprint density at radius 1 is 1.67 bits per heavy atom. The van der Waals surface area contributed by atoms with Crippen LogP contribution in [0.2, 0.25) is 0 Å². The smallest absolute Gasteiger partial charge is 0.121 e. The van der Waals surface area contributed by atoms with Gasteiger partial charge < -0.3 is 10.1 Å². The molecule has 1 aliphatic rings.